The minimum absolute atomic E-state index is 0.0496. The number of carbonyl (C=O) groups is 1. The molecule has 4 nitrogen and oxygen atoms in total. The van der Waals surface area contributed by atoms with E-state index >= 15 is 0 Å². The standard InChI is InChI=1S/C16H15ClO4/c1-2-20-15-9-12(16(18)19)6-7-14(15)21-10-11-4-3-5-13(17)8-11/h3-9H,2,10H2,1H3,(H,18,19)/p-1. The molecule has 0 spiro atoms. The zero-order valence-corrected chi connectivity index (χ0v) is 12.2. The minimum atomic E-state index is -1.25. The van der Waals surface area contributed by atoms with Gasteiger partial charge in [0.05, 0.1) is 12.6 Å². The highest BCUT2D eigenvalue weighted by atomic mass is 35.5. The number of hydrogen-bond donors (Lipinski definition) is 0. The normalized spacial score (nSPS) is 10.2. The molecule has 2 aromatic rings. The molecule has 0 saturated heterocycles. The van der Waals surface area contributed by atoms with Gasteiger partial charge in [0.2, 0.25) is 0 Å². The van der Waals surface area contributed by atoms with Crippen LogP contribution in [0.5, 0.6) is 11.5 Å². The van der Waals surface area contributed by atoms with Crippen molar-refractivity contribution in [1.82, 2.24) is 0 Å². The molecule has 0 bridgehead atoms. The van der Waals surface area contributed by atoms with Gasteiger partial charge in [-0.25, -0.2) is 0 Å². The lowest BCUT2D eigenvalue weighted by Crippen LogP contribution is -2.22. The molecule has 0 radical (unpaired) electrons. The number of benzene rings is 2. The van der Waals surface area contributed by atoms with Crippen molar-refractivity contribution >= 4 is 17.6 Å². The number of ether oxygens (including phenoxy) is 2. The van der Waals surface area contributed by atoms with Crippen molar-refractivity contribution in [3.63, 3.8) is 0 Å². The molecule has 0 heterocycles. The highest BCUT2D eigenvalue weighted by Crippen LogP contribution is 2.29. The Bertz CT molecular complexity index is 640. The largest absolute Gasteiger partial charge is 0.545 e. The van der Waals surface area contributed by atoms with Crippen LogP contribution in [0.1, 0.15) is 22.8 Å². The Morgan fingerprint density at radius 2 is 1.95 bits per heavy atom. The highest BCUT2D eigenvalue weighted by Gasteiger charge is 2.07. The van der Waals surface area contributed by atoms with Crippen LogP contribution in [0.3, 0.4) is 0 Å². The Morgan fingerprint density at radius 3 is 2.62 bits per heavy atom. The molecular weight excluding hydrogens is 292 g/mol. The van der Waals surface area contributed by atoms with E-state index in [4.69, 9.17) is 21.1 Å². The predicted molar refractivity (Wildman–Crippen MR) is 77.7 cm³/mol. The van der Waals surface area contributed by atoms with E-state index in [1.54, 1.807) is 18.2 Å². The fraction of sp³-hybridized carbons (Fsp3) is 0.188. The van der Waals surface area contributed by atoms with Crippen LogP contribution in [0.4, 0.5) is 0 Å². The quantitative estimate of drug-likeness (QED) is 0.823. The van der Waals surface area contributed by atoms with Crippen molar-refractivity contribution in [1.29, 1.82) is 0 Å². The average molecular weight is 306 g/mol. The fourth-order valence-electron chi connectivity index (χ4n) is 1.81. The number of aromatic carboxylic acids is 1. The summed E-state index contributed by atoms with van der Waals surface area (Å²) in [6, 6.07) is 11.7. The first-order valence-electron chi connectivity index (χ1n) is 6.45. The molecule has 2 aromatic carbocycles. The molecule has 5 heteroatoms. The number of rotatable bonds is 6. The molecule has 0 aliphatic carbocycles. The summed E-state index contributed by atoms with van der Waals surface area (Å²) in [6.07, 6.45) is 0. The van der Waals surface area contributed by atoms with Gasteiger partial charge in [-0.1, -0.05) is 23.7 Å². The van der Waals surface area contributed by atoms with Crippen LogP contribution in [-0.2, 0) is 6.61 Å². The zero-order chi connectivity index (χ0) is 15.2. The van der Waals surface area contributed by atoms with Gasteiger partial charge in [0, 0.05) is 10.6 Å². The Kier molecular flexibility index (Phi) is 5.06. The van der Waals surface area contributed by atoms with E-state index in [9.17, 15) is 9.90 Å². The van der Waals surface area contributed by atoms with Gasteiger partial charge in [0.1, 0.15) is 6.61 Å². The maximum absolute atomic E-state index is 10.9. The molecule has 0 aromatic heterocycles. The molecule has 0 fully saturated rings. The zero-order valence-electron chi connectivity index (χ0n) is 11.5. The molecule has 0 N–H and O–H groups in total. The average Bonchev–Trinajstić information content (AvgIpc) is 2.46. The smallest absolute Gasteiger partial charge is 0.161 e. The van der Waals surface area contributed by atoms with Crippen molar-refractivity contribution in [3.05, 3.63) is 58.6 Å². The molecule has 0 unspecified atom stereocenters. The van der Waals surface area contributed by atoms with Crippen LogP contribution in [-0.4, -0.2) is 12.6 Å². The van der Waals surface area contributed by atoms with E-state index in [0.29, 0.717) is 29.7 Å². The topological polar surface area (TPSA) is 58.6 Å². The Hall–Kier alpha value is -2.20. The fourth-order valence-corrected chi connectivity index (χ4v) is 2.02. The second-order valence-corrected chi connectivity index (χ2v) is 4.74. The van der Waals surface area contributed by atoms with Gasteiger partial charge in [0.15, 0.2) is 11.5 Å². The second-order valence-electron chi connectivity index (χ2n) is 4.30. The van der Waals surface area contributed by atoms with E-state index in [-0.39, 0.29) is 5.56 Å². The van der Waals surface area contributed by atoms with Gasteiger partial charge in [-0.05, 0) is 42.8 Å². The molecule has 0 amide bonds. The van der Waals surface area contributed by atoms with Gasteiger partial charge in [-0.3, -0.25) is 0 Å². The number of carboxylic acid groups (broad SMARTS) is 1. The van der Waals surface area contributed by atoms with Crippen LogP contribution >= 0.6 is 11.6 Å². The lowest BCUT2D eigenvalue weighted by atomic mass is 10.2. The van der Waals surface area contributed by atoms with Crippen LogP contribution in [0.2, 0.25) is 5.02 Å². The molecule has 2 rings (SSSR count). The Morgan fingerprint density at radius 1 is 1.14 bits per heavy atom. The maximum atomic E-state index is 10.9. The first kappa shape index (κ1) is 15.2. The third-order valence-electron chi connectivity index (χ3n) is 2.76. The van der Waals surface area contributed by atoms with Crippen LogP contribution in [0.15, 0.2) is 42.5 Å². The molecule has 21 heavy (non-hydrogen) atoms. The Balaban J connectivity index is 2.16. The number of carboxylic acids is 1. The lowest BCUT2D eigenvalue weighted by Gasteiger charge is -2.14. The minimum Gasteiger partial charge on any atom is -0.545 e. The molecule has 0 aliphatic rings. The summed E-state index contributed by atoms with van der Waals surface area (Å²) in [6.45, 7) is 2.53. The highest BCUT2D eigenvalue weighted by molar-refractivity contribution is 6.30. The second kappa shape index (κ2) is 6.99. The summed E-state index contributed by atoms with van der Waals surface area (Å²) in [5.41, 5.74) is 0.961. The molecule has 0 aliphatic heterocycles. The van der Waals surface area contributed by atoms with E-state index in [0.717, 1.165) is 5.56 Å². The predicted octanol–water partition coefficient (Wildman–Crippen LogP) is 2.68. The van der Waals surface area contributed by atoms with Crippen molar-refractivity contribution in [2.45, 2.75) is 13.5 Å². The summed E-state index contributed by atoms with van der Waals surface area (Å²) in [7, 11) is 0. The lowest BCUT2D eigenvalue weighted by molar-refractivity contribution is -0.255. The van der Waals surface area contributed by atoms with Gasteiger partial charge in [-0.15, -0.1) is 0 Å². The third-order valence-corrected chi connectivity index (χ3v) is 3.00. The van der Waals surface area contributed by atoms with Gasteiger partial charge in [0.25, 0.3) is 0 Å². The summed E-state index contributed by atoms with van der Waals surface area (Å²) >= 11 is 5.91. The van der Waals surface area contributed by atoms with Crippen molar-refractivity contribution in [2.75, 3.05) is 6.61 Å². The van der Waals surface area contributed by atoms with Gasteiger partial charge < -0.3 is 19.4 Å². The SMILES string of the molecule is CCOc1cc(C(=O)[O-])ccc1OCc1cccc(Cl)c1. The van der Waals surface area contributed by atoms with Gasteiger partial charge in [-0.2, -0.15) is 0 Å². The monoisotopic (exact) mass is 305 g/mol. The van der Waals surface area contributed by atoms with E-state index in [2.05, 4.69) is 0 Å². The van der Waals surface area contributed by atoms with Crippen molar-refractivity contribution in [2.24, 2.45) is 0 Å². The summed E-state index contributed by atoms with van der Waals surface area (Å²) in [5.74, 6) is -0.402. The first-order valence-corrected chi connectivity index (χ1v) is 6.83. The van der Waals surface area contributed by atoms with Gasteiger partial charge >= 0.3 is 0 Å². The van der Waals surface area contributed by atoms with Crippen molar-refractivity contribution in [3.8, 4) is 11.5 Å². The van der Waals surface area contributed by atoms with E-state index < -0.39 is 5.97 Å². The summed E-state index contributed by atoms with van der Waals surface area (Å²) < 4.78 is 11.1. The number of halogens is 1. The summed E-state index contributed by atoms with van der Waals surface area (Å²) in [5, 5.41) is 11.5. The number of carbonyl (C=O) groups excluding carboxylic acids is 1. The third kappa shape index (κ3) is 4.13. The van der Waals surface area contributed by atoms with Crippen LogP contribution in [0, 0.1) is 0 Å². The first-order chi connectivity index (χ1) is 10.1. The maximum Gasteiger partial charge on any atom is 0.161 e. The van der Waals surface area contributed by atoms with Crippen LogP contribution < -0.4 is 14.6 Å². The van der Waals surface area contributed by atoms with E-state index in [1.165, 1.54) is 12.1 Å². The molecule has 110 valence electrons. The molecular formula is C16H14ClO4-. The summed E-state index contributed by atoms with van der Waals surface area (Å²) in [4.78, 5) is 10.9. The molecule has 0 atom stereocenters. The van der Waals surface area contributed by atoms with E-state index in [1.807, 2.05) is 19.1 Å². The number of hydrogen-bond acceptors (Lipinski definition) is 4. The molecule has 0 saturated carbocycles. The Labute approximate surface area is 127 Å². The van der Waals surface area contributed by atoms with Crippen LogP contribution in [0.25, 0.3) is 0 Å². The van der Waals surface area contributed by atoms with Crippen molar-refractivity contribution < 1.29 is 19.4 Å².